The van der Waals surface area contributed by atoms with E-state index in [1.807, 2.05) is 0 Å². The molecule has 1 N–H and O–H groups in total. The van der Waals surface area contributed by atoms with Crippen LogP contribution in [0.25, 0.3) is 4.96 Å². The van der Waals surface area contributed by atoms with Crippen molar-refractivity contribution in [3.8, 4) is 0 Å². The lowest BCUT2D eigenvalue weighted by Gasteiger charge is -2.28. The van der Waals surface area contributed by atoms with E-state index in [4.69, 9.17) is 0 Å². The molecule has 0 amide bonds. The predicted molar refractivity (Wildman–Crippen MR) is 80.7 cm³/mol. The zero-order valence-electron chi connectivity index (χ0n) is 11.9. The molecule has 1 saturated carbocycles. The van der Waals surface area contributed by atoms with E-state index in [2.05, 4.69) is 40.1 Å². The van der Waals surface area contributed by atoms with Gasteiger partial charge in [-0.2, -0.15) is 0 Å². The molecule has 3 rings (SSSR count). The van der Waals surface area contributed by atoms with Crippen LogP contribution >= 0.6 is 11.3 Å². The van der Waals surface area contributed by atoms with Crippen molar-refractivity contribution < 1.29 is 0 Å². The fourth-order valence-electron chi connectivity index (χ4n) is 3.21. The number of thiazole rings is 1. The summed E-state index contributed by atoms with van der Waals surface area (Å²) in [5.74, 6) is 0.861. The van der Waals surface area contributed by atoms with Gasteiger partial charge in [0.2, 0.25) is 0 Å². The van der Waals surface area contributed by atoms with E-state index in [0.29, 0.717) is 6.04 Å². The van der Waals surface area contributed by atoms with Crippen molar-refractivity contribution in [2.24, 2.45) is 5.92 Å². The van der Waals surface area contributed by atoms with Gasteiger partial charge in [0.05, 0.1) is 11.4 Å². The van der Waals surface area contributed by atoms with E-state index in [9.17, 15) is 0 Å². The molecule has 19 heavy (non-hydrogen) atoms. The van der Waals surface area contributed by atoms with Gasteiger partial charge in [0.15, 0.2) is 4.96 Å². The Hall–Kier alpha value is -0.870. The minimum absolute atomic E-state index is 0.615. The van der Waals surface area contributed by atoms with Crippen molar-refractivity contribution in [1.29, 1.82) is 0 Å². The first-order valence-corrected chi connectivity index (χ1v) is 8.28. The third-order valence-electron chi connectivity index (χ3n) is 4.51. The van der Waals surface area contributed by atoms with Gasteiger partial charge in [0.1, 0.15) is 0 Å². The van der Waals surface area contributed by atoms with E-state index < -0.39 is 0 Å². The van der Waals surface area contributed by atoms with Crippen LogP contribution in [0, 0.1) is 12.8 Å². The maximum absolute atomic E-state index is 4.61. The highest BCUT2D eigenvalue weighted by Crippen LogP contribution is 2.26. The van der Waals surface area contributed by atoms with Gasteiger partial charge < -0.3 is 5.32 Å². The maximum Gasteiger partial charge on any atom is 0.194 e. The molecule has 1 atom stereocenters. The van der Waals surface area contributed by atoms with E-state index in [1.54, 1.807) is 11.3 Å². The third kappa shape index (κ3) is 2.70. The Kier molecular flexibility index (Phi) is 3.89. The second-order valence-corrected chi connectivity index (χ2v) is 6.64. The molecule has 2 aromatic heterocycles. The van der Waals surface area contributed by atoms with Gasteiger partial charge in [0.25, 0.3) is 0 Å². The number of aryl methyl sites for hydroxylation is 1. The van der Waals surface area contributed by atoms with Crippen molar-refractivity contribution in [3.05, 3.63) is 23.0 Å². The first-order valence-electron chi connectivity index (χ1n) is 7.40. The number of aromatic nitrogens is 2. The van der Waals surface area contributed by atoms with E-state index in [0.717, 1.165) is 23.1 Å². The molecular formula is C15H23N3S. The molecule has 4 heteroatoms. The molecule has 0 spiro atoms. The molecule has 0 aliphatic heterocycles. The number of imidazole rings is 1. The largest absolute Gasteiger partial charge is 0.308 e. The molecule has 0 bridgehead atoms. The average Bonchev–Trinajstić information content (AvgIpc) is 2.98. The van der Waals surface area contributed by atoms with Crippen LogP contribution in [0.15, 0.2) is 11.6 Å². The van der Waals surface area contributed by atoms with Crippen LogP contribution in [0.2, 0.25) is 0 Å². The van der Waals surface area contributed by atoms with Crippen LogP contribution in [-0.2, 0) is 6.54 Å². The highest BCUT2D eigenvalue weighted by Gasteiger charge is 2.20. The van der Waals surface area contributed by atoms with Crippen molar-refractivity contribution >= 4 is 16.3 Å². The molecule has 0 saturated heterocycles. The first kappa shape index (κ1) is 13.1. The minimum Gasteiger partial charge on any atom is -0.308 e. The predicted octanol–water partition coefficient (Wildman–Crippen LogP) is 3.76. The Morgan fingerprint density at radius 1 is 1.42 bits per heavy atom. The highest BCUT2D eigenvalue weighted by atomic mass is 32.1. The summed E-state index contributed by atoms with van der Waals surface area (Å²) in [6.45, 7) is 5.39. The van der Waals surface area contributed by atoms with Crippen LogP contribution in [0.4, 0.5) is 0 Å². The lowest BCUT2D eigenvalue weighted by atomic mass is 9.84. The fourth-order valence-corrected chi connectivity index (χ4v) is 3.99. The van der Waals surface area contributed by atoms with Crippen molar-refractivity contribution in [1.82, 2.24) is 14.7 Å². The van der Waals surface area contributed by atoms with Gasteiger partial charge in [-0.25, -0.2) is 4.98 Å². The number of rotatable bonds is 4. The van der Waals surface area contributed by atoms with Crippen LogP contribution < -0.4 is 5.32 Å². The summed E-state index contributed by atoms with van der Waals surface area (Å²) in [4.78, 5) is 5.72. The summed E-state index contributed by atoms with van der Waals surface area (Å²) >= 11 is 1.71. The normalized spacial score (nSPS) is 19.1. The number of hydrogen-bond donors (Lipinski definition) is 1. The van der Waals surface area contributed by atoms with Gasteiger partial charge >= 0.3 is 0 Å². The Morgan fingerprint density at radius 3 is 3.00 bits per heavy atom. The highest BCUT2D eigenvalue weighted by molar-refractivity contribution is 7.15. The van der Waals surface area contributed by atoms with Gasteiger partial charge in [-0.05, 0) is 32.6 Å². The summed E-state index contributed by atoms with van der Waals surface area (Å²) in [7, 11) is 0. The zero-order valence-corrected chi connectivity index (χ0v) is 12.7. The standard InChI is InChI=1S/C15H23N3S/c1-11(13-6-4-3-5-7-13)16-10-14-12(2)17-15-18(14)8-9-19-15/h8-9,11,13,16H,3-7,10H2,1-2H3/t11-/m1/s1. The van der Waals surface area contributed by atoms with Gasteiger partial charge in [-0.1, -0.05) is 19.3 Å². The molecule has 1 aliphatic rings. The lowest BCUT2D eigenvalue weighted by molar-refractivity contribution is 0.280. The topological polar surface area (TPSA) is 29.3 Å². The second kappa shape index (κ2) is 5.63. The van der Waals surface area contributed by atoms with Crippen molar-refractivity contribution in [2.75, 3.05) is 0 Å². The van der Waals surface area contributed by atoms with Gasteiger partial charge in [0, 0.05) is 24.2 Å². The minimum atomic E-state index is 0.615. The molecule has 0 radical (unpaired) electrons. The van der Waals surface area contributed by atoms with Gasteiger partial charge in [-0.3, -0.25) is 4.40 Å². The molecule has 0 unspecified atom stereocenters. The third-order valence-corrected chi connectivity index (χ3v) is 5.27. The van der Waals surface area contributed by atoms with E-state index in [1.165, 1.54) is 37.8 Å². The number of fused-ring (bicyclic) bond motifs is 1. The van der Waals surface area contributed by atoms with Crippen LogP contribution in [0.3, 0.4) is 0 Å². The van der Waals surface area contributed by atoms with Crippen molar-refractivity contribution in [2.45, 2.75) is 58.5 Å². The Balaban J connectivity index is 1.65. The molecule has 1 fully saturated rings. The SMILES string of the molecule is Cc1nc2sccn2c1CN[C@H](C)C1CCCCC1. The van der Waals surface area contributed by atoms with Crippen LogP contribution in [0.5, 0.6) is 0 Å². The van der Waals surface area contributed by atoms with Crippen LogP contribution in [-0.4, -0.2) is 15.4 Å². The summed E-state index contributed by atoms with van der Waals surface area (Å²) < 4.78 is 2.22. The second-order valence-electron chi connectivity index (χ2n) is 5.77. The molecule has 1 aliphatic carbocycles. The number of hydrogen-bond acceptors (Lipinski definition) is 3. The quantitative estimate of drug-likeness (QED) is 0.922. The molecule has 2 heterocycles. The first-order chi connectivity index (χ1) is 9.25. The van der Waals surface area contributed by atoms with Crippen LogP contribution in [0.1, 0.15) is 50.4 Å². The maximum atomic E-state index is 4.61. The summed E-state index contributed by atoms with van der Waals surface area (Å²) in [6, 6.07) is 0.615. The summed E-state index contributed by atoms with van der Waals surface area (Å²) in [6.07, 6.45) is 9.18. The van der Waals surface area contributed by atoms with Gasteiger partial charge in [-0.15, -0.1) is 11.3 Å². The average molecular weight is 277 g/mol. The van der Waals surface area contributed by atoms with E-state index in [-0.39, 0.29) is 0 Å². The van der Waals surface area contributed by atoms with Crippen molar-refractivity contribution in [3.63, 3.8) is 0 Å². The smallest absolute Gasteiger partial charge is 0.194 e. The summed E-state index contributed by atoms with van der Waals surface area (Å²) in [5.41, 5.74) is 2.48. The molecule has 0 aromatic carbocycles. The zero-order chi connectivity index (χ0) is 13.2. The summed E-state index contributed by atoms with van der Waals surface area (Å²) in [5, 5.41) is 5.83. The Bertz CT molecular complexity index is 537. The Labute approximate surface area is 119 Å². The number of nitrogens with one attached hydrogen (secondary N) is 1. The molecule has 2 aromatic rings. The molecular weight excluding hydrogens is 254 g/mol. The monoisotopic (exact) mass is 277 g/mol. The molecule has 104 valence electrons. The molecule has 3 nitrogen and oxygen atoms in total. The van der Waals surface area contributed by atoms with E-state index >= 15 is 0 Å². The lowest BCUT2D eigenvalue weighted by Crippen LogP contribution is -2.34. The number of nitrogens with zero attached hydrogens (tertiary/aromatic N) is 2. The Morgan fingerprint density at radius 2 is 2.21 bits per heavy atom. The fraction of sp³-hybridized carbons (Fsp3) is 0.667.